The number of hydrogen-bond donors (Lipinski definition) is 0. The molecule has 0 bridgehead atoms. The molecule has 3 rings (SSSR count). The summed E-state index contributed by atoms with van der Waals surface area (Å²) in [6.45, 7) is 0. The van der Waals surface area contributed by atoms with Crippen molar-refractivity contribution in [3.05, 3.63) is 63.5 Å². The molecule has 0 atom stereocenters. The van der Waals surface area contributed by atoms with Gasteiger partial charge in [-0.2, -0.15) is 0 Å². The molecule has 2 aromatic heterocycles. The average Bonchev–Trinajstić information content (AvgIpc) is 3.01. The predicted octanol–water partition coefficient (Wildman–Crippen LogP) is 5.80. The Balaban J connectivity index is 1.68. The van der Waals surface area contributed by atoms with Gasteiger partial charge < -0.3 is 0 Å². The van der Waals surface area contributed by atoms with E-state index in [1.807, 2.05) is 41.8 Å². The fraction of sp³-hybridized carbons (Fsp3) is 0.0667. The monoisotopic (exact) mass is 352 g/mol. The second-order valence-corrected chi connectivity index (χ2v) is 7.05. The third-order valence-corrected chi connectivity index (χ3v) is 5.25. The smallest absolute Gasteiger partial charge is 0.119 e. The Morgan fingerprint density at radius 1 is 1.05 bits per heavy atom. The van der Waals surface area contributed by atoms with E-state index in [0.717, 1.165) is 26.9 Å². The summed E-state index contributed by atoms with van der Waals surface area (Å²) in [5.41, 5.74) is 1.94. The Kier molecular flexibility index (Phi) is 4.80. The highest BCUT2D eigenvalue weighted by Gasteiger charge is 2.05. The van der Waals surface area contributed by atoms with Gasteiger partial charge in [-0.25, -0.2) is 0 Å². The number of halogens is 2. The molecule has 2 nitrogen and oxygen atoms in total. The van der Waals surface area contributed by atoms with Gasteiger partial charge in [-0.15, -0.1) is 21.5 Å². The first-order valence-electron chi connectivity index (χ1n) is 6.17. The van der Waals surface area contributed by atoms with Crippen LogP contribution in [-0.2, 0) is 5.75 Å². The third kappa shape index (κ3) is 3.77. The first-order chi connectivity index (χ1) is 10.2. The molecule has 0 aliphatic rings. The van der Waals surface area contributed by atoms with E-state index < -0.39 is 0 Å². The Labute approximate surface area is 141 Å². The maximum absolute atomic E-state index is 6.16. The van der Waals surface area contributed by atoms with Crippen LogP contribution in [0.5, 0.6) is 0 Å². The Hall–Kier alpha value is -1.07. The van der Waals surface area contributed by atoms with Crippen molar-refractivity contribution in [2.75, 3.05) is 0 Å². The van der Waals surface area contributed by atoms with Crippen LogP contribution >= 0.6 is 46.3 Å². The van der Waals surface area contributed by atoms with Gasteiger partial charge in [0.1, 0.15) is 10.7 Å². The topological polar surface area (TPSA) is 25.8 Å². The molecular formula is C15H10Cl2N2S2. The van der Waals surface area contributed by atoms with Crippen molar-refractivity contribution in [1.82, 2.24) is 10.2 Å². The number of nitrogens with zero attached hydrogens (tertiary/aromatic N) is 2. The summed E-state index contributed by atoms with van der Waals surface area (Å²) < 4.78 is 0. The van der Waals surface area contributed by atoms with Gasteiger partial charge in [0.25, 0.3) is 0 Å². The number of aromatic nitrogens is 2. The summed E-state index contributed by atoms with van der Waals surface area (Å²) in [6.07, 6.45) is 0. The number of rotatable bonds is 4. The summed E-state index contributed by atoms with van der Waals surface area (Å²) in [6, 6.07) is 13.5. The highest BCUT2D eigenvalue weighted by atomic mass is 35.5. The van der Waals surface area contributed by atoms with Crippen molar-refractivity contribution < 1.29 is 0 Å². The van der Waals surface area contributed by atoms with Crippen LogP contribution in [0.15, 0.2) is 52.9 Å². The van der Waals surface area contributed by atoms with Crippen LogP contribution in [0.1, 0.15) is 5.56 Å². The lowest BCUT2D eigenvalue weighted by atomic mass is 10.2. The maximum Gasteiger partial charge on any atom is 0.119 e. The molecule has 6 heteroatoms. The van der Waals surface area contributed by atoms with Gasteiger partial charge in [-0.1, -0.05) is 47.1 Å². The fourth-order valence-electron chi connectivity index (χ4n) is 1.74. The molecule has 0 fully saturated rings. The van der Waals surface area contributed by atoms with Crippen LogP contribution in [0.25, 0.3) is 10.6 Å². The van der Waals surface area contributed by atoms with Crippen molar-refractivity contribution in [2.45, 2.75) is 10.8 Å². The van der Waals surface area contributed by atoms with E-state index in [-0.39, 0.29) is 0 Å². The lowest BCUT2D eigenvalue weighted by Crippen LogP contribution is -1.89. The van der Waals surface area contributed by atoms with Crippen LogP contribution < -0.4 is 0 Å². The van der Waals surface area contributed by atoms with Gasteiger partial charge in [0.15, 0.2) is 0 Å². The van der Waals surface area contributed by atoms with Gasteiger partial charge >= 0.3 is 0 Å². The van der Waals surface area contributed by atoms with Crippen molar-refractivity contribution in [3.8, 4) is 10.6 Å². The van der Waals surface area contributed by atoms with Crippen LogP contribution in [0, 0.1) is 0 Å². The largest absolute Gasteiger partial charge is 0.149 e. The second kappa shape index (κ2) is 6.79. The Morgan fingerprint density at radius 3 is 2.62 bits per heavy atom. The zero-order chi connectivity index (χ0) is 14.7. The number of thioether (sulfide) groups is 1. The summed E-state index contributed by atoms with van der Waals surface area (Å²) in [5, 5.41) is 12.7. The summed E-state index contributed by atoms with van der Waals surface area (Å²) in [7, 11) is 0. The fourth-order valence-corrected chi connectivity index (χ4v) is 3.81. The second-order valence-electron chi connectivity index (χ2n) is 4.26. The molecule has 3 aromatic rings. The SMILES string of the molecule is Clc1ccc(CSc2ccc(-c3cccs3)nn2)c(Cl)c1. The Bertz CT molecular complexity index is 728. The molecule has 0 N–H and O–H groups in total. The lowest BCUT2D eigenvalue weighted by Gasteiger charge is -2.04. The van der Waals surface area contributed by atoms with Crippen LogP contribution in [-0.4, -0.2) is 10.2 Å². The van der Waals surface area contributed by atoms with Crippen LogP contribution in [0.4, 0.5) is 0 Å². The van der Waals surface area contributed by atoms with Crippen LogP contribution in [0.3, 0.4) is 0 Å². The molecular weight excluding hydrogens is 343 g/mol. The van der Waals surface area contributed by atoms with Crippen molar-refractivity contribution in [2.24, 2.45) is 0 Å². The summed E-state index contributed by atoms with van der Waals surface area (Å²) in [5.74, 6) is 0.739. The first kappa shape index (κ1) is 14.9. The molecule has 0 spiro atoms. The summed E-state index contributed by atoms with van der Waals surface area (Å²) >= 11 is 15.3. The number of thiophene rings is 1. The van der Waals surface area contributed by atoms with Gasteiger partial charge in [0.2, 0.25) is 0 Å². The number of hydrogen-bond acceptors (Lipinski definition) is 4. The maximum atomic E-state index is 6.16. The standard InChI is InChI=1S/C15H10Cl2N2S2/c16-11-4-3-10(12(17)8-11)9-21-15-6-5-13(18-19-15)14-2-1-7-20-14/h1-8H,9H2. The van der Waals surface area contributed by atoms with Gasteiger partial charge in [0, 0.05) is 15.8 Å². The lowest BCUT2D eigenvalue weighted by molar-refractivity contribution is 0.937. The minimum atomic E-state index is 0.647. The molecule has 0 radical (unpaired) electrons. The highest BCUT2D eigenvalue weighted by Crippen LogP contribution is 2.28. The molecule has 21 heavy (non-hydrogen) atoms. The molecule has 1 aromatic carbocycles. The predicted molar refractivity (Wildman–Crippen MR) is 91.4 cm³/mol. The van der Waals surface area contributed by atoms with E-state index in [2.05, 4.69) is 10.2 Å². The third-order valence-electron chi connectivity index (χ3n) is 2.80. The van der Waals surface area contributed by atoms with Gasteiger partial charge in [-0.3, -0.25) is 0 Å². The Morgan fingerprint density at radius 2 is 1.95 bits per heavy atom. The van der Waals surface area contributed by atoms with E-state index in [1.165, 1.54) is 0 Å². The molecule has 0 saturated heterocycles. The quantitative estimate of drug-likeness (QED) is 0.554. The van der Waals surface area contributed by atoms with E-state index in [9.17, 15) is 0 Å². The van der Waals surface area contributed by atoms with E-state index >= 15 is 0 Å². The van der Waals surface area contributed by atoms with Crippen molar-refractivity contribution in [3.63, 3.8) is 0 Å². The van der Waals surface area contributed by atoms with Crippen molar-refractivity contribution in [1.29, 1.82) is 0 Å². The van der Waals surface area contributed by atoms with E-state index in [0.29, 0.717) is 10.0 Å². The molecule has 0 unspecified atom stereocenters. The average molecular weight is 353 g/mol. The van der Waals surface area contributed by atoms with Gasteiger partial charge in [0.05, 0.1) is 4.88 Å². The van der Waals surface area contributed by atoms with Crippen LogP contribution in [0.2, 0.25) is 10.0 Å². The van der Waals surface area contributed by atoms with Gasteiger partial charge in [-0.05, 0) is 41.3 Å². The molecule has 0 amide bonds. The molecule has 2 heterocycles. The summed E-state index contributed by atoms with van der Waals surface area (Å²) in [4.78, 5) is 1.12. The zero-order valence-corrected chi connectivity index (χ0v) is 13.9. The molecule has 106 valence electrons. The molecule has 0 aliphatic heterocycles. The van der Waals surface area contributed by atoms with E-state index in [1.54, 1.807) is 29.2 Å². The van der Waals surface area contributed by atoms with Crippen molar-refractivity contribution >= 4 is 46.3 Å². The first-order valence-corrected chi connectivity index (χ1v) is 8.79. The minimum absolute atomic E-state index is 0.647. The number of benzene rings is 1. The molecule has 0 saturated carbocycles. The molecule has 0 aliphatic carbocycles. The van der Waals surface area contributed by atoms with E-state index in [4.69, 9.17) is 23.2 Å². The highest BCUT2D eigenvalue weighted by molar-refractivity contribution is 7.98. The normalized spacial score (nSPS) is 10.8. The zero-order valence-electron chi connectivity index (χ0n) is 10.8. The minimum Gasteiger partial charge on any atom is -0.149 e.